The fraction of sp³-hybridized carbons (Fsp3) is 0.920. The van der Waals surface area contributed by atoms with Crippen LogP contribution in [0.15, 0.2) is 12.3 Å². The summed E-state index contributed by atoms with van der Waals surface area (Å²) in [5, 5.41) is 0. The molecule has 0 saturated carbocycles. The van der Waals surface area contributed by atoms with Crippen molar-refractivity contribution in [3.05, 3.63) is 12.3 Å². The van der Waals surface area contributed by atoms with Gasteiger partial charge in [-0.15, -0.1) is 6.58 Å². The lowest BCUT2D eigenvalue weighted by molar-refractivity contribution is 0.177. The normalized spacial score (nSPS) is 13.5. The van der Waals surface area contributed by atoms with Crippen LogP contribution >= 0.6 is 0 Å². The first-order chi connectivity index (χ1) is 13.7. The first kappa shape index (κ1) is 27.9. The molecule has 0 amide bonds. The van der Waals surface area contributed by atoms with E-state index < -0.39 is 8.56 Å². The molecule has 0 heterocycles. The largest absolute Gasteiger partial charge is 0.391 e. The average molecular weight is 413 g/mol. The highest BCUT2D eigenvalue weighted by Gasteiger charge is 2.26. The van der Waals surface area contributed by atoms with Gasteiger partial charge >= 0.3 is 8.56 Å². The van der Waals surface area contributed by atoms with Crippen molar-refractivity contribution < 1.29 is 8.85 Å². The van der Waals surface area contributed by atoms with E-state index in [0.29, 0.717) is 0 Å². The van der Waals surface area contributed by atoms with Crippen molar-refractivity contribution in [3.8, 4) is 0 Å². The summed E-state index contributed by atoms with van der Waals surface area (Å²) in [5.41, 5.74) is 1.95. The summed E-state index contributed by atoms with van der Waals surface area (Å²) in [5.74, 6) is 0. The van der Waals surface area contributed by atoms with Gasteiger partial charge in [0.25, 0.3) is 0 Å². The molecule has 0 aromatic rings. The second-order valence-corrected chi connectivity index (χ2v) is 11.6. The highest BCUT2D eigenvalue weighted by Crippen LogP contribution is 2.14. The van der Waals surface area contributed by atoms with Gasteiger partial charge in [-0.05, 0) is 25.1 Å². The average Bonchev–Trinajstić information content (AvgIpc) is 2.71. The van der Waals surface area contributed by atoms with Crippen molar-refractivity contribution in [1.29, 1.82) is 0 Å². The molecule has 3 heteroatoms. The maximum absolute atomic E-state index is 6.12. The first-order valence-electron chi connectivity index (χ1n) is 12.6. The molecule has 0 bridgehead atoms. The molecule has 1 unspecified atom stereocenters. The molecule has 0 radical (unpaired) electrons. The third-order valence-corrected chi connectivity index (χ3v) is 7.94. The second-order valence-electron chi connectivity index (χ2n) is 8.57. The van der Waals surface area contributed by atoms with E-state index in [2.05, 4.69) is 27.0 Å². The molecule has 0 aromatic carbocycles. The lowest BCUT2D eigenvalue weighted by Crippen LogP contribution is -2.37. The van der Waals surface area contributed by atoms with E-state index in [4.69, 9.17) is 8.85 Å². The third kappa shape index (κ3) is 19.2. The number of hydrogen-bond acceptors (Lipinski definition) is 2. The van der Waals surface area contributed by atoms with Crippen LogP contribution in [-0.4, -0.2) is 21.8 Å². The van der Waals surface area contributed by atoms with Crippen molar-refractivity contribution in [2.24, 2.45) is 0 Å². The molecule has 1 atom stereocenters. The van der Waals surface area contributed by atoms with E-state index in [9.17, 15) is 0 Å². The van der Waals surface area contributed by atoms with Crippen LogP contribution in [0, 0.1) is 0 Å². The Labute approximate surface area is 179 Å². The quantitative estimate of drug-likeness (QED) is 0.123. The van der Waals surface area contributed by atoms with Crippen molar-refractivity contribution in [1.82, 2.24) is 0 Å². The summed E-state index contributed by atoms with van der Waals surface area (Å²) < 4.78 is 12.2. The van der Waals surface area contributed by atoms with Crippen molar-refractivity contribution >= 4 is 8.56 Å². The predicted octanol–water partition coefficient (Wildman–Crippen LogP) is 8.88. The Morgan fingerprint density at radius 1 is 0.536 bits per heavy atom. The van der Waals surface area contributed by atoms with E-state index >= 15 is 0 Å². The Hall–Kier alpha value is -0.123. The van der Waals surface area contributed by atoms with Gasteiger partial charge in [0.05, 0.1) is 0 Å². The topological polar surface area (TPSA) is 18.5 Å². The van der Waals surface area contributed by atoms with Gasteiger partial charge in [-0.2, -0.15) is 0 Å². The summed E-state index contributed by atoms with van der Waals surface area (Å²) in [7, 11) is -2.14. The maximum atomic E-state index is 6.12. The highest BCUT2D eigenvalue weighted by atomic mass is 28.4. The zero-order valence-electron chi connectivity index (χ0n) is 19.7. The first-order valence-corrected chi connectivity index (χ1v) is 15.0. The molecule has 0 aliphatic heterocycles. The minimum absolute atomic E-state index is 0.835. The Morgan fingerprint density at radius 3 is 1.11 bits per heavy atom. The molecular weight excluding hydrogens is 360 g/mol. The molecule has 0 aromatic heterocycles. The van der Waals surface area contributed by atoms with Gasteiger partial charge in [-0.1, -0.05) is 117 Å². The van der Waals surface area contributed by atoms with Gasteiger partial charge in [-0.3, -0.25) is 0 Å². The van der Waals surface area contributed by atoms with E-state index in [0.717, 1.165) is 26.1 Å². The molecule has 0 spiro atoms. The van der Waals surface area contributed by atoms with E-state index in [1.54, 1.807) is 0 Å². The second kappa shape index (κ2) is 21.6. The Morgan fingerprint density at radius 2 is 0.821 bits per heavy atom. The van der Waals surface area contributed by atoms with E-state index in [-0.39, 0.29) is 0 Å². The van der Waals surface area contributed by atoms with E-state index in [1.165, 1.54) is 103 Å². The number of hydrogen-bond donors (Lipinski definition) is 0. The van der Waals surface area contributed by atoms with Gasteiger partial charge in [0, 0.05) is 13.2 Å². The monoisotopic (exact) mass is 412 g/mol. The lowest BCUT2D eigenvalue weighted by atomic mass is 10.1. The van der Waals surface area contributed by atoms with Gasteiger partial charge in [0.15, 0.2) is 0 Å². The molecule has 0 aliphatic carbocycles. The van der Waals surface area contributed by atoms with Gasteiger partial charge in [0.1, 0.15) is 0 Å². The summed E-state index contributed by atoms with van der Waals surface area (Å²) in [6, 6.07) is 0. The van der Waals surface area contributed by atoms with Crippen LogP contribution in [0.5, 0.6) is 0 Å². The zero-order valence-corrected chi connectivity index (χ0v) is 20.7. The minimum Gasteiger partial charge on any atom is -0.391 e. The molecule has 0 rings (SSSR count). The van der Waals surface area contributed by atoms with Crippen LogP contribution < -0.4 is 0 Å². The van der Waals surface area contributed by atoms with Gasteiger partial charge in [-0.25, -0.2) is 0 Å². The summed E-state index contributed by atoms with van der Waals surface area (Å²) in [4.78, 5) is 0. The molecular formula is C25H52O2Si. The maximum Gasteiger partial charge on any atom is 0.361 e. The predicted molar refractivity (Wildman–Crippen MR) is 128 cm³/mol. The van der Waals surface area contributed by atoms with Crippen LogP contribution in [0.1, 0.15) is 129 Å². The third-order valence-electron chi connectivity index (χ3n) is 5.64. The Balaban J connectivity index is 3.48. The van der Waals surface area contributed by atoms with Crippen LogP contribution in [0.2, 0.25) is 6.55 Å². The Bertz CT molecular complexity index is 322. The summed E-state index contributed by atoms with van der Waals surface area (Å²) >= 11 is 0. The standard InChI is InChI=1S/C25H52O2Si/c1-5-8-10-12-14-16-17-19-21-23-25-27-28(4,7-3)26-24-22-20-18-15-13-11-9-6-2/h7H,3,5-6,8-25H2,1-2,4H3. The van der Waals surface area contributed by atoms with Gasteiger partial charge < -0.3 is 8.85 Å². The molecule has 0 N–H and O–H groups in total. The van der Waals surface area contributed by atoms with Crippen LogP contribution in [0.3, 0.4) is 0 Å². The summed E-state index contributed by atoms with van der Waals surface area (Å²) in [6.07, 6.45) is 24.3. The van der Waals surface area contributed by atoms with Crippen molar-refractivity contribution in [2.45, 2.75) is 136 Å². The van der Waals surface area contributed by atoms with Crippen molar-refractivity contribution in [2.75, 3.05) is 13.2 Å². The molecule has 0 fully saturated rings. The van der Waals surface area contributed by atoms with Crippen LogP contribution in [-0.2, 0) is 8.85 Å². The molecule has 0 saturated heterocycles. The minimum atomic E-state index is -2.14. The molecule has 28 heavy (non-hydrogen) atoms. The SMILES string of the molecule is C=C[Si](C)(OCCCCCCCCCC)OCCCCCCCCCCCC. The van der Waals surface area contributed by atoms with Crippen molar-refractivity contribution in [3.63, 3.8) is 0 Å². The molecule has 0 aliphatic rings. The van der Waals surface area contributed by atoms with Crippen LogP contribution in [0.25, 0.3) is 0 Å². The fourth-order valence-electron chi connectivity index (χ4n) is 3.53. The molecule has 168 valence electrons. The number of unbranched alkanes of at least 4 members (excludes halogenated alkanes) is 16. The Kier molecular flexibility index (Phi) is 21.5. The summed E-state index contributed by atoms with van der Waals surface area (Å²) in [6.45, 7) is 12.3. The van der Waals surface area contributed by atoms with Gasteiger partial charge in [0.2, 0.25) is 0 Å². The highest BCUT2D eigenvalue weighted by molar-refractivity contribution is 6.71. The number of rotatable bonds is 23. The zero-order chi connectivity index (χ0) is 20.8. The molecule has 2 nitrogen and oxygen atoms in total. The lowest BCUT2D eigenvalue weighted by Gasteiger charge is -2.23. The van der Waals surface area contributed by atoms with E-state index in [1.807, 2.05) is 5.70 Å². The smallest absolute Gasteiger partial charge is 0.361 e. The van der Waals surface area contributed by atoms with Crippen LogP contribution in [0.4, 0.5) is 0 Å². The fourth-order valence-corrected chi connectivity index (χ4v) is 4.95.